The Bertz CT molecular complexity index is 1170. The molecule has 0 aliphatic heterocycles. The summed E-state index contributed by atoms with van der Waals surface area (Å²) in [5, 5.41) is 3.77. The van der Waals surface area contributed by atoms with E-state index < -0.39 is 17.5 Å². The normalized spacial score (nSPS) is 11.0. The number of ether oxygens (including phenoxy) is 2. The molecular formula is C23H20ClNO6. The van der Waals surface area contributed by atoms with Crippen LogP contribution in [0.15, 0.2) is 63.8 Å². The molecule has 1 N–H and O–H groups in total. The van der Waals surface area contributed by atoms with Gasteiger partial charge in [0.2, 0.25) is 0 Å². The quantitative estimate of drug-likeness (QED) is 0.188. The molecule has 3 aromatic rings. The van der Waals surface area contributed by atoms with Gasteiger partial charge in [-0.1, -0.05) is 23.7 Å². The highest BCUT2D eigenvalue weighted by Gasteiger charge is 2.14. The molecule has 31 heavy (non-hydrogen) atoms. The van der Waals surface area contributed by atoms with Crippen LogP contribution in [0.2, 0.25) is 5.02 Å². The number of halogens is 1. The van der Waals surface area contributed by atoms with Gasteiger partial charge >= 0.3 is 11.6 Å². The molecule has 0 fully saturated rings. The van der Waals surface area contributed by atoms with Gasteiger partial charge in [-0.05, 0) is 48.4 Å². The van der Waals surface area contributed by atoms with Gasteiger partial charge in [-0.25, -0.2) is 9.59 Å². The Kier molecular flexibility index (Phi) is 7.59. The molecule has 0 saturated heterocycles. The summed E-state index contributed by atoms with van der Waals surface area (Å²) in [6.45, 7) is 0.881. The Morgan fingerprint density at radius 3 is 2.65 bits per heavy atom. The Balaban J connectivity index is 1.69. The van der Waals surface area contributed by atoms with Crippen LogP contribution in [0.25, 0.3) is 17.0 Å². The maximum Gasteiger partial charge on any atom is 0.349 e. The average Bonchev–Trinajstić information content (AvgIpc) is 2.75. The lowest BCUT2D eigenvalue weighted by atomic mass is 10.1. The molecule has 0 atom stereocenters. The molecule has 0 aliphatic rings. The predicted octanol–water partition coefficient (Wildman–Crippen LogP) is 3.83. The van der Waals surface area contributed by atoms with E-state index in [1.54, 1.807) is 49.6 Å². The molecule has 8 heteroatoms. The van der Waals surface area contributed by atoms with E-state index in [2.05, 4.69) is 5.32 Å². The molecule has 7 nitrogen and oxygen atoms in total. The van der Waals surface area contributed by atoms with E-state index in [0.717, 1.165) is 5.56 Å². The molecule has 0 bridgehead atoms. The fourth-order valence-electron chi connectivity index (χ4n) is 2.72. The Hall–Kier alpha value is -3.42. The van der Waals surface area contributed by atoms with E-state index in [4.69, 9.17) is 25.5 Å². The van der Waals surface area contributed by atoms with Gasteiger partial charge < -0.3 is 19.2 Å². The van der Waals surface area contributed by atoms with Crippen molar-refractivity contribution in [2.24, 2.45) is 0 Å². The lowest BCUT2D eigenvalue weighted by molar-refractivity contribution is -0.128. The van der Waals surface area contributed by atoms with Gasteiger partial charge in [0.25, 0.3) is 5.91 Å². The van der Waals surface area contributed by atoms with Gasteiger partial charge in [-0.3, -0.25) is 4.79 Å². The van der Waals surface area contributed by atoms with Crippen LogP contribution in [-0.2, 0) is 9.53 Å². The van der Waals surface area contributed by atoms with Crippen LogP contribution in [0.4, 0.5) is 0 Å². The minimum Gasteiger partial charge on any atom is -0.423 e. The molecule has 0 saturated carbocycles. The van der Waals surface area contributed by atoms with Crippen LogP contribution in [0.5, 0.6) is 5.75 Å². The summed E-state index contributed by atoms with van der Waals surface area (Å²) >= 11 is 5.83. The average molecular weight is 442 g/mol. The maximum absolute atomic E-state index is 12.2. The van der Waals surface area contributed by atoms with Crippen LogP contribution in [0.1, 0.15) is 22.3 Å². The molecule has 2 aromatic carbocycles. The highest BCUT2D eigenvalue weighted by molar-refractivity contribution is 6.30. The summed E-state index contributed by atoms with van der Waals surface area (Å²) in [6.07, 6.45) is 3.50. The van der Waals surface area contributed by atoms with Crippen molar-refractivity contribution in [2.45, 2.75) is 6.42 Å². The number of esters is 1. The summed E-state index contributed by atoms with van der Waals surface area (Å²) in [5.41, 5.74) is 0.121. The zero-order chi connectivity index (χ0) is 22.2. The van der Waals surface area contributed by atoms with Crippen LogP contribution < -0.4 is 15.7 Å². The summed E-state index contributed by atoms with van der Waals surface area (Å²) in [6, 6.07) is 13.0. The smallest absolute Gasteiger partial charge is 0.349 e. The van der Waals surface area contributed by atoms with E-state index in [1.165, 1.54) is 18.2 Å². The topological polar surface area (TPSA) is 94.8 Å². The largest absolute Gasteiger partial charge is 0.423 e. The van der Waals surface area contributed by atoms with E-state index >= 15 is 0 Å². The second-order valence-electron chi connectivity index (χ2n) is 6.56. The minimum atomic E-state index is -0.775. The first-order valence-corrected chi connectivity index (χ1v) is 9.84. The fourth-order valence-corrected chi connectivity index (χ4v) is 2.84. The van der Waals surface area contributed by atoms with Crippen LogP contribution >= 0.6 is 11.6 Å². The zero-order valence-electron chi connectivity index (χ0n) is 16.7. The molecule has 1 amide bonds. The highest BCUT2D eigenvalue weighted by atomic mass is 35.5. The summed E-state index contributed by atoms with van der Waals surface area (Å²) < 4.78 is 15.4. The zero-order valence-corrected chi connectivity index (χ0v) is 17.5. The number of rotatable bonds is 8. The first-order chi connectivity index (χ1) is 15.0. The van der Waals surface area contributed by atoms with Crippen molar-refractivity contribution in [3.63, 3.8) is 0 Å². The number of amides is 1. The van der Waals surface area contributed by atoms with Crippen molar-refractivity contribution >= 4 is 40.5 Å². The Morgan fingerprint density at radius 1 is 1.13 bits per heavy atom. The second kappa shape index (κ2) is 10.6. The number of carbonyl (C=O) groups excluding carboxylic acids is 2. The van der Waals surface area contributed by atoms with E-state index in [1.807, 2.05) is 0 Å². The Labute approximate surface area is 183 Å². The highest BCUT2D eigenvalue weighted by Crippen LogP contribution is 2.21. The molecule has 1 aromatic heterocycles. The summed E-state index contributed by atoms with van der Waals surface area (Å²) in [5.74, 6) is -0.906. The third-order valence-electron chi connectivity index (χ3n) is 4.26. The molecular weight excluding hydrogens is 422 g/mol. The van der Waals surface area contributed by atoms with Crippen LogP contribution in [0.3, 0.4) is 0 Å². The summed E-state index contributed by atoms with van der Waals surface area (Å²) in [4.78, 5) is 36.5. The maximum atomic E-state index is 12.2. The monoisotopic (exact) mass is 441 g/mol. The van der Waals surface area contributed by atoms with Crippen molar-refractivity contribution in [1.82, 2.24) is 5.32 Å². The third kappa shape index (κ3) is 6.28. The number of hydrogen-bond donors (Lipinski definition) is 1. The lowest BCUT2D eigenvalue weighted by Crippen LogP contribution is -2.29. The standard InChI is InChI=1S/C23H20ClNO6/c1-29-12-2-11-25-22(27)19-13-16-6-9-18(14-20(16)31-23(19)28)30-21(26)10-5-15-3-7-17(24)8-4-15/h3-10,13-14H,2,11-12H2,1H3,(H,25,27)/b10-5+. The number of nitrogens with one attached hydrogen (secondary N) is 1. The Morgan fingerprint density at radius 2 is 1.90 bits per heavy atom. The predicted molar refractivity (Wildman–Crippen MR) is 117 cm³/mol. The number of methoxy groups -OCH3 is 1. The van der Waals surface area contributed by atoms with Gasteiger partial charge in [0, 0.05) is 42.8 Å². The van der Waals surface area contributed by atoms with Crippen LogP contribution in [0, 0.1) is 0 Å². The van der Waals surface area contributed by atoms with Crippen molar-refractivity contribution in [3.8, 4) is 5.75 Å². The molecule has 0 unspecified atom stereocenters. The van der Waals surface area contributed by atoms with Crippen molar-refractivity contribution in [1.29, 1.82) is 0 Å². The van der Waals surface area contributed by atoms with Gasteiger partial charge in [0.1, 0.15) is 16.9 Å². The molecule has 0 spiro atoms. The van der Waals surface area contributed by atoms with Gasteiger partial charge in [-0.15, -0.1) is 0 Å². The van der Waals surface area contributed by atoms with Gasteiger partial charge in [0.15, 0.2) is 0 Å². The molecule has 0 radical (unpaired) electrons. The number of fused-ring (bicyclic) bond motifs is 1. The fraction of sp³-hybridized carbons (Fsp3) is 0.174. The molecule has 1 heterocycles. The van der Waals surface area contributed by atoms with Crippen molar-refractivity contribution in [2.75, 3.05) is 20.3 Å². The SMILES string of the molecule is COCCCNC(=O)c1cc2ccc(OC(=O)/C=C/c3ccc(Cl)cc3)cc2oc1=O. The van der Waals surface area contributed by atoms with Gasteiger partial charge in [-0.2, -0.15) is 0 Å². The van der Waals surface area contributed by atoms with E-state index in [0.29, 0.717) is 30.0 Å². The van der Waals surface area contributed by atoms with Crippen LogP contribution in [-0.4, -0.2) is 32.1 Å². The van der Waals surface area contributed by atoms with E-state index in [-0.39, 0.29) is 16.9 Å². The lowest BCUT2D eigenvalue weighted by Gasteiger charge is -2.06. The first kappa shape index (κ1) is 22.3. The molecule has 0 aliphatic carbocycles. The minimum absolute atomic E-state index is 0.0967. The van der Waals surface area contributed by atoms with Gasteiger partial charge in [0.05, 0.1) is 0 Å². The van der Waals surface area contributed by atoms with Crippen molar-refractivity contribution in [3.05, 3.63) is 81.2 Å². The molecule has 160 valence electrons. The van der Waals surface area contributed by atoms with E-state index in [9.17, 15) is 14.4 Å². The third-order valence-corrected chi connectivity index (χ3v) is 4.52. The van der Waals surface area contributed by atoms with Crippen molar-refractivity contribution < 1.29 is 23.5 Å². The first-order valence-electron chi connectivity index (χ1n) is 9.47. The second-order valence-corrected chi connectivity index (χ2v) is 6.99. The number of benzene rings is 2. The number of carbonyl (C=O) groups is 2. The molecule has 3 rings (SSSR count). The number of hydrogen-bond acceptors (Lipinski definition) is 6. The summed E-state index contributed by atoms with van der Waals surface area (Å²) in [7, 11) is 1.57.